The predicted octanol–water partition coefficient (Wildman–Crippen LogP) is 7.76. The summed E-state index contributed by atoms with van der Waals surface area (Å²) in [5.74, 6) is -2.62. The summed E-state index contributed by atoms with van der Waals surface area (Å²) in [5, 5.41) is 19.6. The third-order valence-corrected chi connectivity index (χ3v) is 16.5. The molecular weight excluding hydrogens is 1050 g/mol. The SMILES string of the molecule is CCOC(=O)C(CC1CCN(C(=O)/C=C/c2cc(F)cc(F)c2)CC1)N1CCC(c2c[nH]c3ccccc23)CC1.CO.O=C(O)C(CC1CCN(C(=O)/C=C/c2cc(F)cc(F)c2)CC1)N1CCC(c2c[nH]c3ccccc23)CC1.[Li+].[OH-]. The molecule has 4 aliphatic rings. The van der Waals surface area contributed by atoms with Gasteiger partial charge < -0.3 is 40.2 Å². The second kappa shape index (κ2) is 31.2. The number of hydrogen-bond acceptors (Lipinski definition) is 9. The molecule has 6 aromatic rings. The summed E-state index contributed by atoms with van der Waals surface area (Å²) < 4.78 is 59.1. The number of para-hydroxylation sites is 2. The summed E-state index contributed by atoms with van der Waals surface area (Å²) in [5.41, 5.74) is 5.58. The third kappa shape index (κ3) is 17.0. The minimum absolute atomic E-state index is 0. The molecule has 0 radical (unpaired) electrons. The van der Waals surface area contributed by atoms with Crippen LogP contribution >= 0.6 is 0 Å². The average molecular weight is 1130 g/mol. The molecular formula is C63H75F4LiN6O8. The zero-order valence-corrected chi connectivity index (χ0v) is 47.1. The van der Waals surface area contributed by atoms with Crippen molar-refractivity contribution in [1.82, 2.24) is 29.6 Å². The van der Waals surface area contributed by atoms with Crippen LogP contribution < -0.4 is 18.9 Å². The van der Waals surface area contributed by atoms with Crippen LogP contribution in [-0.2, 0) is 23.9 Å². The van der Waals surface area contributed by atoms with Crippen molar-refractivity contribution in [3.8, 4) is 0 Å². The molecule has 2 amide bonds. The predicted molar refractivity (Wildman–Crippen MR) is 304 cm³/mol. The standard InChI is InChI=1S/C32H37F2N3O3.C30H33F2N3O3.CH4O.Li.H2O/c1-2-40-32(39)30(36-15-11-24(12-16-36)28-21-35-29-6-4-3-5-27(28)29)19-22-9-13-37(14-10-22)31(38)8-7-23-17-25(33)20-26(34)18-23;31-23-15-21(16-24(32)18-23)5-6-29(36)35-11-7-20(8-12-35)17-28(30(37)38)34-13-9-22(10-14-34)26-19-33-27-4-2-1-3-25(26)27;1-2;;/h3-8,17-18,20-22,24,30,35H,2,9-16,19H2,1H3;1-6,15-16,18-20,22,28,33H,7-14,17H2,(H,37,38);2H,1H3;;1H2/q;;;+1;/p-1/b8-7+;6-5+;;;. The Morgan fingerprint density at radius 3 is 1.32 bits per heavy atom. The molecule has 5 N–H and O–H groups in total. The zero-order valence-electron chi connectivity index (χ0n) is 47.1. The van der Waals surface area contributed by atoms with Gasteiger partial charge in [0.1, 0.15) is 35.4 Å². The van der Waals surface area contributed by atoms with Crippen molar-refractivity contribution in [2.45, 2.75) is 95.1 Å². The second-order valence-electron chi connectivity index (χ2n) is 21.4. The van der Waals surface area contributed by atoms with Gasteiger partial charge in [-0.3, -0.25) is 29.0 Å². The molecule has 0 spiro atoms. The molecule has 10 rings (SSSR count). The molecule has 0 aliphatic carbocycles. The number of aliphatic carboxylic acids is 1. The number of fused-ring (bicyclic) bond motifs is 2. The van der Waals surface area contributed by atoms with E-state index in [1.165, 1.54) is 70.5 Å². The number of nitrogens with one attached hydrogen (secondary N) is 2. The Bertz CT molecular complexity index is 3060. The number of aromatic nitrogens is 2. The van der Waals surface area contributed by atoms with Crippen LogP contribution in [0.25, 0.3) is 34.0 Å². The Morgan fingerprint density at radius 1 is 0.573 bits per heavy atom. The van der Waals surface area contributed by atoms with E-state index in [9.17, 15) is 41.8 Å². The van der Waals surface area contributed by atoms with E-state index in [1.807, 2.05) is 19.1 Å². The molecule has 82 heavy (non-hydrogen) atoms. The maximum Gasteiger partial charge on any atom is 1.00 e. The number of amides is 2. The largest absolute Gasteiger partial charge is 1.00 e. The smallest absolute Gasteiger partial charge is 0.870 e. The number of nitrogens with zero attached hydrogens (tertiary/aromatic N) is 4. The van der Waals surface area contributed by atoms with Crippen molar-refractivity contribution in [3.63, 3.8) is 0 Å². The summed E-state index contributed by atoms with van der Waals surface area (Å²) in [6.45, 7) is 7.65. The summed E-state index contributed by atoms with van der Waals surface area (Å²) in [4.78, 5) is 65.2. The number of aliphatic hydroxyl groups is 1. The van der Waals surface area contributed by atoms with Crippen LogP contribution in [0.2, 0.25) is 0 Å². The first-order valence-corrected chi connectivity index (χ1v) is 28.1. The Morgan fingerprint density at radius 2 is 0.939 bits per heavy atom. The number of aromatic amines is 2. The van der Waals surface area contributed by atoms with Crippen molar-refractivity contribution >= 4 is 57.7 Å². The van der Waals surface area contributed by atoms with E-state index in [2.05, 4.69) is 68.6 Å². The number of carboxylic acids is 1. The molecule has 4 aliphatic heterocycles. The van der Waals surface area contributed by atoms with Crippen LogP contribution in [0.3, 0.4) is 0 Å². The number of aliphatic hydroxyl groups excluding tert-OH is 1. The van der Waals surface area contributed by atoms with Gasteiger partial charge in [-0.25, -0.2) is 17.6 Å². The van der Waals surface area contributed by atoms with Gasteiger partial charge in [-0.05, 0) is 192 Å². The molecule has 14 nitrogen and oxygen atoms in total. The molecule has 2 unspecified atom stereocenters. The van der Waals surface area contributed by atoms with Crippen LogP contribution in [0, 0.1) is 35.1 Å². The number of likely N-dealkylation sites (tertiary alicyclic amines) is 4. The summed E-state index contributed by atoms with van der Waals surface area (Å²) in [7, 11) is 1.00. The van der Waals surface area contributed by atoms with Gasteiger partial charge >= 0.3 is 30.8 Å². The van der Waals surface area contributed by atoms with Crippen molar-refractivity contribution in [2.24, 2.45) is 11.8 Å². The van der Waals surface area contributed by atoms with Crippen molar-refractivity contribution in [2.75, 3.05) is 66.1 Å². The number of benzene rings is 4. The molecule has 19 heteroatoms. The third-order valence-electron chi connectivity index (χ3n) is 16.5. The summed E-state index contributed by atoms with van der Waals surface area (Å²) in [6, 6.07) is 22.2. The van der Waals surface area contributed by atoms with Crippen LogP contribution in [0.15, 0.2) is 109 Å². The Balaban J connectivity index is 0.000000250. The quantitative estimate of drug-likeness (QED) is 0.0342. The number of carbonyl (C=O) groups excluding carboxylic acids is 3. The van der Waals surface area contributed by atoms with E-state index < -0.39 is 35.3 Å². The van der Waals surface area contributed by atoms with Gasteiger partial charge in [-0.2, -0.15) is 0 Å². The number of esters is 1. The Kier molecular flexibility index (Phi) is 24.6. The topological polar surface area (TPSA) is 193 Å². The zero-order chi connectivity index (χ0) is 56.7. The first-order chi connectivity index (χ1) is 38.8. The number of piperidine rings is 4. The molecule has 4 fully saturated rings. The van der Waals surface area contributed by atoms with Gasteiger partial charge in [-0.1, -0.05) is 36.4 Å². The number of H-pyrrole nitrogens is 2. The van der Waals surface area contributed by atoms with E-state index in [0.717, 1.165) is 114 Å². The van der Waals surface area contributed by atoms with E-state index in [0.29, 0.717) is 68.1 Å². The first-order valence-electron chi connectivity index (χ1n) is 28.1. The molecule has 0 bridgehead atoms. The van der Waals surface area contributed by atoms with Gasteiger partial charge in [0.05, 0.1) is 6.61 Å². The summed E-state index contributed by atoms with van der Waals surface area (Å²) in [6.07, 6.45) is 18.0. The number of carboxylic acid groups (broad SMARTS) is 1. The van der Waals surface area contributed by atoms with Crippen molar-refractivity contribution in [1.29, 1.82) is 0 Å². The van der Waals surface area contributed by atoms with E-state index in [4.69, 9.17) is 9.84 Å². The molecule has 4 saturated heterocycles. The molecule has 2 atom stereocenters. The molecule has 434 valence electrons. The van der Waals surface area contributed by atoms with Crippen LogP contribution in [-0.4, -0.2) is 147 Å². The van der Waals surface area contributed by atoms with E-state index in [1.54, 1.807) is 9.80 Å². The van der Waals surface area contributed by atoms with E-state index in [-0.39, 0.29) is 54.1 Å². The van der Waals surface area contributed by atoms with Crippen molar-refractivity contribution in [3.05, 3.63) is 155 Å². The van der Waals surface area contributed by atoms with Crippen molar-refractivity contribution < 1.29 is 76.0 Å². The fraction of sp³-hybridized carbons (Fsp3) is 0.429. The van der Waals surface area contributed by atoms with E-state index >= 15 is 0 Å². The van der Waals surface area contributed by atoms with Crippen LogP contribution in [0.5, 0.6) is 0 Å². The molecule has 4 aromatic carbocycles. The maximum atomic E-state index is 13.4. The van der Waals surface area contributed by atoms with Gasteiger partial charge in [0.15, 0.2) is 0 Å². The fourth-order valence-corrected chi connectivity index (χ4v) is 12.2. The Labute approximate surface area is 489 Å². The number of ether oxygens (including phenoxy) is 1. The number of halogens is 4. The maximum absolute atomic E-state index is 13.4. The Hall–Kier alpha value is -6.52. The molecule has 2 aromatic heterocycles. The molecule has 6 heterocycles. The van der Waals surface area contributed by atoms with Crippen LogP contribution in [0.4, 0.5) is 17.6 Å². The van der Waals surface area contributed by atoms with Gasteiger partial charge in [0.25, 0.3) is 0 Å². The fourth-order valence-electron chi connectivity index (χ4n) is 12.2. The van der Waals surface area contributed by atoms with Gasteiger partial charge in [-0.15, -0.1) is 0 Å². The summed E-state index contributed by atoms with van der Waals surface area (Å²) >= 11 is 0. The number of rotatable bonds is 15. The minimum Gasteiger partial charge on any atom is -0.870 e. The first kappa shape index (κ1) is 64.6. The number of hydrogen-bond donors (Lipinski definition) is 4. The van der Waals surface area contributed by atoms with Gasteiger partial charge in [0, 0.05) is 91.8 Å². The van der Waals surface area contributed by atoms with Crippen LogP contribution in [0.1, 0.15) is 105 Å². The monoisotopic (exact) mass is 1130 g/mol. The normalized spacial score (nSPS) is 17.8. The second-order valence-corrected chi connectivity index (χ2v) is 21.4. The van der Waals surface area contributed by atoms with Gasteiger partial charge in [0.2, 0.25) is 11.8 Å². The molecule has 0 saturated carbocycles. The average Bonchev–Trinajstić information content (AvgIpc) is 4.13. The number of carbonyl (C=O) groups is 4. The minimum atomic E-state index is -0.778.